The van der Waals surface area contributed by atoms with E-state index in [1.165, 1.54) is 15.6 Å². The van der Waals surface area contributed by atoms with Gasteiger partial charge in [0, 0.05) is 23.9 Å². The van der Waals surface area contributed by atoms with E-state index in [1.54, 1.807) is 11.3 Å². The number of hydrogen-bond donors (Lipinski definition) is 3. The van der Waals surface area contributed by atoms with Crippen LogP contribution in [0, 0.1) is 5.92 Å². The van der Waals surface area contributed by atoms with Crippen molar-refractivity contribution in [2.45, 2.75) is 38.3 Å². The molecule has 0 radical (unpaired) electrons. The molecule has 1 heterocycles. The molecule has 2 amide bonds. The topological polar surface area (TPSA) is 61.4 Å². The molecule has 1 aromatic heterocycles. The molecule has 2 aromatic rings. The first kappa shape index (κ1) is 15.3. The van der Waals surface area contributed by atoms with Crippen LogP contribution in [0.5, 0.6) is 0 Å². The number of benzene rings is 1. The van der Waals surface area contributed by atoms with Crippen LogP contribution in [0.2, 0.25) is 0 Å². The van der Waals surface area contributed by atoms with Gasteiger partial charge in [-0.15, -0.1) is 11.3 Å². The number of hydrogen-bond acceptors (Lipinski definition) is 3. The van der Waals surface area contributed by atoms with Crippen molar-refractivity contribution in [3.8, 4) is 0 Å². The van der Waals surface area contributed by atoms with E-state index in [4.69, 9.17) is 5.11 Å². The van der Waals surface area contributed by atoms with Crippen molar-refractivity contribution < 1.29 is 9.90 Å². The summed E-state index contributed by atoms with van der Waals surface area (Å²) in [7, 11) is 0. The predicted octanol–water partition coefficient (Wildman–Crippen LogP) is 3.25. The third-order valence-electron chi connectivity index (χ3n) is 4.44. The highest BCUT2D eigenvalue weighted by molar-refractivity contribution is 7.17. The molecule has 0 aliphatic heterocycles. The summed E-state index contributed by atoms with van der Waals surface area (Å²) in [5, 5.41) is 18.5. The zero-order chi connectivity index (χ0) is 15.4. The molecule has 0 bridgehead atoms. The van der Waals surface area contributed by atoms with Gasteiger partial charge in [-0.2, -0.15) is 0 Å². The van der Waals surface area contributed by atoms with Gasteiger partial charge in [-0.25, -0.2) is 4.79 Å². The molecule has 0 unspecified atom stereocenters. The van der Waals surface area contributed by atoms with Gasteiger partial charge in [0.25, 0.3) is 0 Å². The normalized spacial score (nSPS) is 21.7. The minimum absolute atomic E-state index is 0.0947. The first-order valence-corrected chi connectivity index (χ1v) is 8.74. The fraction of sp³-hybridized carbons (Fsp3) is 0.471. The molecule has 0 atom stereocenters. The highest BCUT2D eigenvalue weighted by Gasteiger charge is 2.21. The third-order valence-corrected chi connectivity index (χ3v) is 5.45. The van der Waals surface area contributed by atoms with E-state index < -0.39 is 0 Å². The molecule has 1 aliphatic rings. The zero-order valence-corrected chi connectivity index (χ0v) is 13.4. The van der Waals surface area contributed by atoms with E-state index in [1.807, 2.05) is 12.1 Å². The number of carbonyl (C=O) groups is 1. The number of amides is 2. The molecule has 1 aliphatic carbocycles. The summed E-state index contributed by atoms with van der Waals surface area (Å²) in [6.45, 7) is 0.825. The third kappa shape index (κ3) is 3.59. The number of aliphatic hydroxyl groups is 1. The van der Waals surface area contributed by atoms with Gasteiger partial charge < -0.3 is 15.7 Å². The van der Waals surface area contributed by atoms with Crippen LogP contribution >= 0.6 is 11.3 Å². The summed E-state index contributed by atoms with van der Waals surface area (Å²) in [4.78, 5) is 12.0. The lowest BCUT2D eigenvalue weighted by Crippen LogP contribution is -2.43. The second-order valence-corrected chi connectivity index (χ2v) is 6.90. The van der Waals surface area contributed by atoms with E-state index in [9.17, 15) is 4.79 Å². The van der Waals surface area contributed by atoms with Crippen molar-refractivity contribution in [3.05, 3.63) is 35.2 Å². The Hall–Kier alpha value is -1.59. The van der Waals surface area contributed by atoms with E-state index in [-0.39, 0.29) is 18.7 Å². The number of carbonyl (C=O) groups excluding carboxylic acids is 1. The van der Waals surface area contributed by atoms with Crippen molar-refractivity contribution in [3.63, 3.8) is 0 Å². The van der Waals surface area contributed by atoms with Crippen LogP contribution in [0.1, 0.15) is 31.2 Å². The van der Waals surface area contributed by atoms with Crippen LogP contribution in [0.3, 0.4) is 0 Å². The Labute approximate surface area is 134 Å². The molecule has 5 heteroatoms. The van der Waals surface area contributed by atoms with Crippen LogP contribution < -0.4 is 10.6 Å². The fourth-order valence-electron chi connectivity index (χ4n) is 3.07. The summed E-state index contributed by atoms with van der Waals surface area (Å²) in [5.41, 5.74) is 1.17. The quantitative estimate of drug-likeness (QED) is 0.810. The Kier molecular flexibility index (Phi) is 4.95. The fourth-order valence-corrected chi connectivity index (χ4v) is 4.03. The standard InChI is InChI=1S/C17H22N2O2S/c20-10-12-5-7-14(8-6-12)19-17(21)18-9-13-11-22-16-4-2-1-3-15(13)16/h1-4,11-12,14,20H,5-10H2,(H2,18,19,21). The van der Waals surface area contributed by atoms with Crippen LogP contribution in [0.15, 0.2) is 29.6 Å². The Morgan fingerprint density at radius 2 is 2.00 bits per heavy atom. The minimum Gasteiger partial charge on any atom is -0.396 e. The van der Waals surface area contributed by atoms with E-state index in [2.05, 4.69) is 28.1 Å². The Balaban J connectivity index is 1.48. The van der Waals surface area contributed by atoms with E-state index in [0.29, 0.717) is 12.5 Å². The SMILES string of the molecule is O=C(NCc1csc2ccccc12)NC1CCC(CO)CC1. The highest BCUT2D eigenvalue weighted by atomic mass is 32.1. The number of fused-ring (bicyclic) bond motifs is 1. The van der Waals surface area contributed by atoms with Gasteiger partial charge in [-0.3, -0.25) is 0 Å². The lowest BCUT2D eigenvalue weighted by atomic mass is 9.87. The number of aliphatic hydroxyl groups excluding tert-OH is 1. The molecule has 1 saturated carbocycles. The molecule has 1 fully saturated rings. The zero-order valence-electron chi connectivity index (χ0n) is 12.5. The second kappa shape index (κ2) is 7.11. The molecular formula is C17H22N2O2S. The summed E-state index contributed by atoms with van der Waals surface area (Å²) < 4.78 is 1.25. The first-order valence-electron chi connectivity index (χ1n) is 7.86. The molecule has 1 aromatic carbocycles. The average molecular weight is 318 g/mol. The summed E-state index contributed by atoms with van der Waals surface area (Å²) >= 11 is 1.71. The van der Waals surface area contributed by atoms with Crippen LogP contribution in [-0.2, 0) is 6.54 Å². The average Bonchev–Trinajstić information content (AvgIpc) is 2.97. The molecule has 4 nitrogen and oxygen atoms in total. The number of urea groups is 1. The van der Waals surface area contributed by atoms with Gasteiger partial charge in [-0.1, -0.05) is 18.2 Å². The van der Waals surface area contributed by atoms with Gasteiger partial charge in [0.2, 0.25) is 0 Å². The van der Waals surface area contributed by atoms with Crippen molar-refractivity contribution in [2.24, 2.45) is 5.92 Å². The molecule has 0 saturated heterocycles. The van der Waals surface area contributed by atoms with Gasteiger partial charge >= 0.3 is 6.03 Å². The largest absolute Gasteiger partial charge is 0.396 e. The smallest absolute Gasteiger partial charge is 0.315 e. The van der Waals surface area contributed by atoms with Crippen LogP contribution in [-0.4, -0.2) is 23.8 Å². The van der Waals surface area contributed by atoms with Crippen molar-refractivity contribution in [1.29, 1.82) is 0 Å². The van der Waals surface area contributed by atoms with Gasteiger partial charge in [-0.05, 0) is 54.0 Å². The maximum atomic E-state index is 12.0. The Morgan fingerprint density at radius 1 is 1.23 bits per heavy atom. The number of thiophene rings is 1. The molecule has 3 N–H and O–H groups in total. The maximum Gasteiger partial charge on any atom is 0.315 e. The lowest BCUT2D eigenvalue weighted by Gasteiger charge is -2.27. The number of rotatable bonds is 4. The van der Waals surface area contributed by atoms with Gasteiger partial charge in [0.05, 0.1) is 0 Å². The monoisotopic (exact) mass is 318 g/mol. The second-order valence-electron chi connectivity index (χ2n) is 5.98. The highest BCUT2D eigenvalue weighted by Crippen LogP contribution is 2.25. The molecule has 118 valence electrons. The summed E-state index contributed by atoms with van der Waals surface area (Å²) in [5.74, 6) is 0.415. The molecule has 0 spiro atoms. The molecule has 3 rings (SSSR count). The maximum absolute atomic E-state index is 12.0. The van der Waals surface area contributed by atoms with Crippen LogP contribution in [0.25, 0.3) is 10.1 Å². The molecule has 22 heavy (non-hydrogen) atoms. The van der Waals surface area contributed by atoms with Gasteiger partial charge in [0.1, 0.15) is 0 Å². The summed E-state index contributed by atoms with van der Waals surface area (Å²) in [6.07, 6.45) is 3.91. The van der Waals surface area contributed by atoms with Crippen molar-refractivity contribution in [1.82, 2.24) is 10.6 Å². The lowest BCUT2D eigenvalue weighted by molar-refractivity contribution is 0.174. The molecular weight excluding hydrogens is 296 g/mol. The first-order chi connectivity index (χ1) is 10.8. The van der Waals surface area contributed by atoms with Gasteiger partial charge in [0.15, 0.2) is 0 Å². The van der Waals surface area contributed by atoms with E-state index >= 15 is 0 Å². The Bertz CT molecular complexity index is 632. The Morgan fingerprint density at radius 3 is 2.77 bits per heavy atom. The van der Waals surface area contributed by atoms with Crippen molar-refractivity contribution in [2.75, 3.05) is 6.61 Å². The summed E-state index contributed by atoms with van der Waals surface area (Å²) in [6, 6.07) is 8.40. The van der Waals surface area contributed by atoms with Crippen molar-refractivity contribution >= 4 is 27.5 Å². The minimum atomic E-state index is -0.0947. The predicted molar refractivity (Wildman–Crippen MR) is 90.0 cm³/mol. The van der Waals surface area contributed by atoms with Crippen LogP contribution in [0.4, 0.5) is 4.79 Å². The number of nitrogens with one attached hydrogen (secondary N) is 2. The van der Waals surface area contributed by atoms with E-state index in [0.717, 1.165) is 25.7 Å².